The van der Waals surface area contributed by atoms with E-state index in [1.807, 2.05) is 13.8 Å². The van der Waals surface area contributed by atoms with Crippen molar-refractivity contribution in [1.82, 2.24) is 4.90 Å². The highest BCUT2D eigenvalue weighted by Crippen LogP contribution is 2.27. The molecule has 0 aromatic carbocycles. The minimum absolute atomic E-state index is 0.212. The zero-order valence-electron chi connectivity index (χ0n) is 12.7. The summed E-state index contributed by atoms with van der Waals surface area (Å²) in [6.45, 7) is 8.65. The van der Waals surface area contributed by atoms with Gasteiger partial charge in [0.05, 0.1) is 0 Å². The monoisotopic (exact) mass is 265 g/mol. The Hall–Kier alpha value is -0.890. The van der Waals surface area contributed by atoms with Crippen molar-refractivity contribution in [3.8, 4) is 0 Å². The van der Waals surface area contributed by atoms with Gasteiger partial charge < -0.3 is 4.90 Å². The third-order valence-corrected chi connectivity index (χ3v) is 3.79. The summed E-state index contributed by atoms with van der Waals surface area (Å²) in [4.78, 5) is 2.24. The van der Waals surface area contributed by atoms with Crippen LogP contribution in [0.15, 0.2) is 35.5 Å². The fraction of sp³-hybridized carbons (Fsp3) is 0.647. The van der Waals surface area contributed by atoms with E-state index in [-0.39, 0.29) is 6.67 Å². The first-order chi connectivity index (χ1) is 9.29. The van der Waals surface area contributed by atoms with Crippen molar-refractivity contribution in [3.05, 3.63) is 35.5 Å². The molecule has 1 fully saturated rings. The number of piperidine rings is 1. The summed E-state index contributed by atoms with van der Waals surface area (Å²) >= 11 is 0. The number of rotatable bonds is 3. The van der Waals surface area contributed by atoms with Gasteiger partial charge in [-0.25, -0.2) is 4.39 Å². The highest BCUT2D eigenvalue weighted by molar-refractivity contribution is 5.32. The van der Waals surface area contributed by atoms with Crippen LogP contribution in [-0.2, 0) is 0 Å². The second-order valence-electron chi connectivity index (χ2n) is 5.03. The van der Waals surface area contributed by atoms with E-state index >= 15 is 0 Å². The molecule has 0 amide bonds. The molecule has 1 nitrogen and oxygen atoms in total. The van der Waals surface area contributed by atoms with Crippen molar-refractivity contribution in [2.45, 2.75) is 40.0 Å². The Morgan fingerprint density at radius 3 is 2.47 bits per heavy atom. The van der Waals surface area contributed by atoms with Crippen molar-refractivity contribution in [2.75, 3.05) is 26.3 Å². The lowest BCUT2D eigenvalue weighted by molar-refractivity contribution is 0.186. The molecular weight excluding hydrogens is 237 g/mol. The lowest BCUT2D eigenvalue weighted by Gasteiger charge is -2.31. The summed E-state index contributed by atoms with van der Waals surface area (Å²) in [5.74, 6) is 0.682. The van der Waals surface area contributed by atoms with Crippen LogP contribution >= 0.6 is 0 Å². The molecule has 1 heterocycles. The second kappa shape index (κ2) is 9.08. The maximum atomic E-state index is 12.3. The Morgan fingerprint density at radius 1 is 1.16 bits per heavy atom. The first-order valence-corrected chi connectivity index (χ1v) is 7.63. The number of hydrogen-bond donors (Lipinski definition) is 0. The smallest absolute Gasteiger partial charge is 0.102 e. The molecule has 0 N–H and O–H groups in total. The van der Waals surface area contributed by atoms with Gasteiger partial charge in [0.1, 0.15) is 6.67 Å². The van der Waals surface area contributed by atoms with Crippen LogP contribution in [0.1, 0.15) is 40.0 Å². The van der Waals surface area contributed by atoms with Gasteiger partial charge in [-0.1, -0.05) is 43.7 Å². The molecule has 0 aromatic rings. The Labute approximate surface area is 117 Å². The Balaban J connectivity index is 0.000000861. The Morgan fingerprint density at radius 2 is 1.84 bits per heavy atom. The van der Waals surface area contributed by atoms with Crippen LogP contribution in [0.25, 0.3) is 0 Å². The normalized spacial score (nSPS) is 21.1. The third kappa shape index (κ3) is 5.32. The molecule has 19 heavy (non-hydrogen) atoms. The molecule has 0 unspecified atom stereocenters. The Kier molecular flexibility index (Phi) is 7.73. The minimum Gasteiger partial charge on any atom is -0.301 e. The number of alkyl halides is 1. The SMILES string of the molecule is CC.CC1=CCC=C(C2CCN(CCF)CC2)C=C1. The van der Waals surface area contributed by atoms with E-state index in [1.165, 1.54) is 24.0 Å². The molecule has 0 saturated carbocycles. The molecule has 0 atom stereocenters. The molecule has 1 aliphatic heterocycles. The zero-order valence-corrected chi connectivity index (χ0v) is 12.7. The summed E-state index contributed by atoms with van der Waals surface area (Å²) in [6, 6.07) is 0. The largest absolute Gasteiger partial charge is 0.301 e. The number of nitrogens with zero attached hydrogens (tertiary/aromatic N) is 1. The van der Waals surface area contributed by atoms with Gasteiger partial charge in [-0.15, -0.1) is 0 Å². The van der Waals surface area contributed by atoms with Crippen molar-refractivity contribution in [3.63, 3.8) is 0 Å². The second-order valence-corrected chi connectivity index (χ2v) is 5.03. The average Bonchev–Trinajstić information content (AvgIpc) is 2.67. The lowest BCUT2D eigenvalue weighted by atomic mass is 9.88. The van der Waals surface area contributed by atoms with Crippen LogP contribution in [0.2, 0.25) is 0 Å². The van der Waals surface area contributed by atoms with Crippen LogP contribution in [0.5, 0.6) is 0 Å². The van der Waals surface area contributed by atoms with Gasteiger partial charge in [0.2, 0.25) is 0 Å². The van der Waals surface area contributed by atoms with E-state index in [0.29, 0.717) is 12.5 Å². The van der Waals surface area contributed by atoms with Crippen LogP contribution in [0.3, 0.4) is 0 Å². The van der Waals surface area contributed by atoms with E-state index in [0.717, 1.165) is 19.5 Å². The number of halogens is 1. The predicted octanol–water partition coefficient (Wildman–Crippen LogP) is 4.53. The van der Waals surface area contributed by atoms with Crippen molar-refractivity contribution >= 4 is 0 Å². The number of hydrogen-bond acceptors (Lipinski definition) is 1. The van der Waals surface area contributed by atoms with Gasteiger partial charge in [-0.2, -0.15) is 0 Å². The molecule has 2 aliphatic rings. The summed E-state index contributed by atoms with van der Waals surface area (Å²) in [5, 5.41) is 0. The predicted molar refractivity (Wildman–Crippen MR) is 82.1 cm³/mol. The highest BCUT2D eigenvalue weighted by atomic mass is 19.1. The average molecular weight is 265 g/mol. The summed E-state index contributed by atoms with van der Waals surface area (Å²) < 4.78 is 12.3. The number of likely N-dealkylation sites (tertiary alicyclic amines) is 1. The van der Waals surface area contributed by atoms with E-state index in [4.69, 9.17) is 0 Å². The molecule has 108 valence electrons. The maximum absolute atomic E-state index is 12.3. The van der Waals surface area contributed by atoms with Gasteiger partial charge in [-0.05, 0) is 50.8 Å². The number of allylic oxidation sites excluding steroid dienone is 6. The summed E-state index contributed by atoms with van der Waals surface area (Å²) in [7, 11) is 0. The van der Waals surface area contributed by atoms with Gasteiger partial charge in [0.25, 0.3) is 0 Å². The van der Waals surface area contributed by atoms with Gasteiger partial charge in [0, 0.05) is 6.54 Å². The quantitative estimate of drug-likeness (QED) is 0.725. The van der Waals surface area contributed by atoms with Crippen LogP contribution < -0.4 is 0 Å². The molecule has 0 aromatic heterocycles. The summed E-state index contributed by atoms with van der Waals surface area (Å²) in [5.41, 5.74) is 2.84. The molecule has 2 rings (SSSR count). The minimum atomic E-state index is -0.212. The van der Waals surface area contributed by atoms with E-state index in [2.05, 4.69) is 36.1 Å². The zero-order chi connectivity index (χ0) is 14.1. The third-order valence-electron chi connectivity index (χ3n) is 3.79. The molecule has 0 bridgehead atoms. The topological polar surface area (TPSA) is 3.24 Å². The summed E-state index contributed by atoms with van der Waals surface area (Å²) in [6.07, 6.45) is 12.5. The standard InChI is InChI=1S/C15H22FN.C2H6/c1-13-3-2-4-14(6-5-13)15-7-10-17(11-8-15)12-9-16;1-2/h3-6,15H,2,7-12H2,1H3;1-2H3. The first kappa shape index (κ1) is 16.2. The highest BCUT2D eigenvalue weighted by Gasteiger charge is 2.20. The van der Waals surface area contributed by atoms with Crippen molar-refractivity contribution < 1.29 is 4.39 Å². The Bertz CT molecular complexity index is 333. The maximum Gasteiger partial charge on any atom is 0.102 e. The van der Waals surface area contributed by atoms with E-state index in [9.17, 15) is 4.39 Å². The van der Waals surface area contributed by atoms with Crippen LogP contribution in [0.4, 0.5) is 4.39 Å². The molecule has 0 radical (unpaired) electrons. The van der Waals surface area contributed by atoms with Crippen LogP contribution in [0, 0.1) is 5.92 Å². The lowest BCUT2D eigenvalue weighted by Crippen LogP contribution is -2.35. The van der Waals surface area contributed by atoms with Crippen molar-refractivity contribution in [1.29, 1.82) is 0 Å². The molecular formula is C17H28FN. The van der Waals surface area contributed by atoms with Crippen molar-refractivity contribution in [2.24, 2.45) is 5.92 Å². The molecule has 2 heteroatoms. The van der Waals surface area contributed by atoms with Gasteiger partial charge in [0.15, 0.2) is 0 Å². The first-order valence-electron chi connectivity index (χ1n) is 7.63. The van der Waals surface area contributed by atoms with Crippen LogP contribution in [-0.4, -0.2) is 31.2 Å². The molecule has 0 spiro atoms. The fourth-order valence-corrected chi connectivity index (χ4v) is 2.66. The van der Waals surface area contributed by atoms with E-state index in [1.54, 1.807) is 0 Å². The van der Waals surface area contributed by atoms with E-state index < -0.39 is 0 Å². The fourth-order valence-electron chi connectivity index (χ4n) is 2.66. The molecule has 1 aliphatic carbocycles. The molecule has 1 saturated heterocycles. The van der Waals surface area contributed by atoms with Gasteiger partial charge >= 0.3 is 0 Å². The van der Waals surface area contributed by atoms with Gasteiger partial charge in [-0.3, -0.25) is 0 Å².